The second-order valence-electron chi connectivity index (χ2n) is 1.91. The van der Waals surface area contributed by atoms with Crippen molar-refractivity contribution in [3.8, 4) is 0 Å². The first-order valence-corrected chi connectivity index (χ1v) is 2.69. The number of hydrogen-bond donors (Lipinski definition) is 1. The first-order chi connectivity index (χ1) is 4.16. The highest BCUT2D eigenvalue weighted by Crippen LogP contribution is 1.87. The van der Waals surface area contributed by atoms with Crippen LogP contribution in [0.2, 0.25) is 0 Å². The summed E-state index contributed by atoms with van der Waals surface area (Å²) < 4.78 is 0. The predicted octanol–water partition coefficient (Wildman–Crippen LogP) is 0.871. The molecule has 0 rings (SSSR count). The third-order valence-electron chi connectivity index (χ3n) is 0.742. The summed E-state index contributed by atoms with van der Waals surface area (Å²) in [5, 5.41) is 0. The smallest absolute Gasteiger partial charge is 0.206 e. The molecule has 3 heteroatoms. The fraction of sp³-hybridized carbons (Fsp3) is 0.500. The Hall–Kier alpha value is -0.830. The van der Waals surface area contributed by atoms with E-state index >= 15 is 0 Å². The summed E-state index contributed by atoms with van der Waals surface area (Å²) in [5.74, 6) is 5.28. The molecule has 0 aromatic rings. The van der Waals surface area contributed by atoms with Crippen LogP contribution < -0.4 is 5.90 Å². The van der Waals surface area contributed by atoms with E-state index < -0.39 is 0 Å². The van der Waals surface area contributed by atoms with Crippen LogP contribution in [-0.2, 0) is 4.84 Å². The van der Waals surface area contributed by atoms with Crippen molar-refractivity contribution in [1.82, 2.24) is 0 Å². The predicted molar refractivity (Wildman–Crippen MR) is 38.1 cm³/mol. The van der Waals surface area contributed by atoms with Crippen molar-refractivity contribution in [2.24, 2.45) is 10.9 Å². The fourth-order valence-corrected chi connectivity index (χ4v) is 0.284. The molecule has 0 fully saturated rings. The van der Waals surface area contributed by atoms with Gasteiger partial charge in [-0.25, -0.2) is 4.99 Å². The summed E-state index contributed by atoms with van der Waals surface area (Å²) >= 11 is 0. The minimum absolute atomic E-state index is 0.484. The van der Waals surface area contributed by atoms with E-state index in [1.165, 1.54) is 0 Å². The third kappa shape index (κ3) is 5.03. The highest BCUT2D eigenvalue weighted by atomic mass is 16.6. The van der Waals surface area contributed by atoms with E-state index in [0.29, 0.717) is 12.4 Å². The van der Waals surface area contributed by atoms with Crippen LogP contribution in [0.25, 0.3) is 0 Å². The van der Waals surface area contributed by atoms with Gasteiger partial charge in [0, 0.05) is 6.92 Å². The molecule has 9 heavy (non-hydrogen) atoms. The number of nitrogens with zero attached hydrogens (tertiary/aromatic N) is 1. The van der Waals surface area contributed by atoms with E-state index in [0.717, 1.165) is 5.57 Å². The highest BCUT2D eigenvalue weighted by molar-refractivity contribution is 5.72. The van der Waals surface area contributed by atoms with Crippen LogP contribution in [0.3, 0.4) is 0 Å². The van der Waals surface area contributed by atoms with Gasteiger partial charge in [0.1, 0.15) is 0 Å². The molecule has 0 heterocycles. The second kappa shape index (κ2) is 4.09. The average molecular weight is 128 g/mol. The maximum atomic E-state index is 4.80. The lowest BCUT2D eigenvalue weighted by molar-refractivity contribution is 0.317. The van der Waals surface area contributed by atoms with E-state index in [-0.39, 0.29) is 0 Å². The van der Waals surface area contributed by atoms with E-state index in [1.807, 2.05) is 6.92 Å². The molecule has 0 aromatic heterocycles. The molecule has 0 aliphatic rings. The van der Waals surface area contributed by atoms with Gasteiger partial charge in [0.05, 0.1) is 6.54 Å². The zero-order valence-corrected chi connectivity index (χ0v) is 5.85. The monoisotopic (exact) mass is 128 g/mol. The van der Waals surface area contributed by atoms with Crippen LogP contribution in [0.1, 0.15) is 13.8 Å². The van der Waals surface area contributed by atoms with E-state index in [2.05, 4.69) is 16.4 Å². The van der Waals surface area contributed by atoms with Crippen molar-refractivity contribution in [2.45, 2.75) is 13.8 Å². The van der Waals surface area contributed by atoms with Crippen molar-refractivity contribution in [1.29, 1.82) is 0 Å². The summed E-state index contributed by atoms with van der Waals surface area (Å²) in [7, 11) is 0. The first-order valence-electron chi connectivity index (χ1n) is 2.69. The third-order valence-corrected chi connectivity index (χ3v) is 0.742. The number of nitrogens with two attached hydrogens (primary N) is 1. The minimum Gasteiger partial charge on any atom is -0.397 e. The Morgan fingerprint density at radius 3 is 2.56 bits per heavy atom. The number of rotatable bonds is 2. The van der Waals surface area contributed by atoms with Crippen LogP contribution in [0.15, 0.2) is 17.1 Å². The molecule has 0 radical (unpaired) electrons. The largest absolute Gasteiger partial charge is 0.397 e. The highest BCUT2D eigenvalue weighted by Gasteiger charge is 1.85. The van der Waals surface area contributed by atoms with Crippen LogP contribution in [-0.4, -0.2) is 12.4 Å². The maximum absolute atomic E-state index is 4.80. The van der Waals surface area contributed by atoms with E-state index in [4.69, 9.17) is 5.90 Å². The molecule has 0 aliphatic heterocycles. The van der Waals surface area contributed by atoms with Gasteiger partial charge in [-0.1, -0.05) is 12.2 Å². The molecule has 0 saturated heterocycles. The molecule has 52 valence electrons. The van der Waals surface area contributed by atoms with Crippen LogP contribution in [0.4, 0.5) is 0 Å². The minimum atomic E-state index is 0.484. The van der Waals surface area contributed by atoms with Gasteiger partial charge in [0.25, 0.3) is 0 Å². The van der Waals surface area contributed by atoms with Crippen molar-refractivity contribution >= 4 is 5.90 Å². The summed E-state index contributed by atoms with van der Waals surface area (Å²) in [5.41, 5.74) is 0.992. The molecule has 0 bridgehead atoms. The summed E-state index contributed by atoms with van der Waals surface area (Å²) in [4.78, 5) is 8.22. The lowest BCUT2D eigenvalue weighted by Crippen LogP contribution is -2.06. The standard InChI is InChI=1S/C6H12N2O/c1-5(2)4-8-6(3)9-7/h1,4,7H2,2-3H3. The molecule has 0 saturated carbocycles. The van der Waals surface area contributed by atoms with Gasteiger partial charge in [-0.15, -0.1) is 0 Å². The molecule has 0 amide bonds. The summed E-state index contributed by atoms with van der Waals surface area (Å²) in [6.07, 6.45) is 0. The van der Waals surface area contributed by atoms with Crippen molar-refractivity contribution in [2.75, 3.05) is 6.54 Å². The molecular formula is C6H12N2O. The topological polar surface area (TPSA) is 47.6 Å². The van der Waals surface area contributed by atoms with Gasteiger partial charge in [-0.05, 0) is 6.92 Å². The van der Waals surface area contributed by atoms with Gasteiger partial charge in [0.15, 0.2) is 0 Å². The number of aliphatic imine (C=N–C) groups is 1. The van der Waals surface area contributed by atoms with Crippen molar-refractivity contribution in [3.63, 3.8) is 0 Å². The lowest BCUT2D eigenvalue weighted by Gasteiger charge is -1.95. The van der Waals surface area contributed by atoms with Gasteiger partial charge in [-0.2, -0.15) is 5.90 Å². The Kier molecular flexibility index (Phi) is 3.71. The van der Waals surface area contributed by atoms with Crippen LogP contribution in [0.5, 0.6) is 0 Å². The molecule has 0 aromatic carbocycles. The number of hydrogen-bond acceptors (Lipinski definition) is 3. The van der Waals surface area contributed by atoms with E-state index in [9.17, 15) is 0 Å². The van der Waals surface area contributed by atoms with Gasteiger partial charge in [0.2, 0.25) is 5.90 Å². The zero-order valence-electron chi connectivity index (χ0n) is 5.85. The van der Waals surface area contributed by atoms with Gasteiger partial charge in [-0.3, -0.25) is 0 Å². The lowest BCUT2D eigenvalue weighted by atomic mass is 10.4. The Labute approximate surface area is 55.2 Å². The van der Waals surface area contributed by atoms with Gasteiger partial charge < -0.3 is 4.84 Å². The molecule has 3 nitrogen and oxygen atoms in total. The summed E-state index contributed by atoms with van der Waals surface area (Å²) in [6, 6.07) is 0. The molecular weight excluding hydrogens is 116 g/mol. The Morgan fingerprint density at radius 1 is 1.67 bits per heavy atom. The fourth-order valence-electron chi connectivity index (χ4n) is 0.284. The Bertz CT molecular complexity index is 129. The van der Waals surface area contributed by atoms with Crippen molar-refractivity contribution in [3.05, 3.63) is 12.2 Å². The maximum Gasteiger partial charge on any atom is 0.206 e. The van der Waals surface area contributed by atoms with Crippen LogP contribution >= 0.6 is 0 Å². The van der Waals surface area contributed by atoms with E-state index in [1.54, 1.807) is 6.92 Å². The molecule has 0 atom stereocenters. The molecule has 0 spiro atoms. The average Bonchev–Trinajstić information content (AvgIpc) is 1.83. The summed E-state index contributed by atoms with van der Waals surface area (Å²) in [6.45, 7) is 7.84. The SMILES string of the molecule is C=C(C)CN=C(C)ON. The quantitative estimate of drug-likeness (QED) is 0.259. The molecule has 2 N–H and O–H groups in total. The molecule has 0 aliphatic carbocycles. The Balaban J connectivity index is 3.56. The second-order valence-corrected chi connectivity index (χ2v) is 1.91. The molecule has 0 unspecified atom stereocenters. The normalized spacial score (nSPS) is 11.2. The first kappa shape index (κ1) is 8.17. The Morgan fingerprint density at radius 2 is 2.22 bits per heavy atom. The van der Waals surface area contributed by atoms with Crippen molar-refractivity contribution < 1.29 is 4.84 Å². The van der Waals surface area contributed by atoms with Gasteiger partial charge >= 0.3 is 0 Å². The van der Waals surface area contributed by atoms with Crippen LogP contribution in [0, 0.1) is 0 Å². The zero-order chi connectivity index (χ0) is 7.28.